The molecule has 0 aliphatic carbocycles. The van der Waals surface area contributed by atoms with Gasteiger partial charge in [0.1, 0.15) is 18.4 Å². The molecule has 1 aromatic heterocycles. The minimum absolute atomic E-state index is 0.0278. The molecule has 0 saturated heterocycles. The molecule has 3 aromatic rings. The predicted molar refractivity (Wildman–Crippen MR) is 157 cm³/mol. The van der Waals surface area contributed by atoms with Gasteiger partial charge in [-0.1, -0.05) is 35.6 Å². The van der Waals surface area contributed by atoms with Crippen molar-refractivity contribution in [1.82, 2.24) is 4.57 Å². The lowest BCUT2D eigenvalue weighted by Crippen LogP contribution is -2.40. The number of allylic oxidation sites excluding steroid dienone is 2. The summed E-state index contributed by atoms with van der Waals surface area (Å²) >= 11 is 1.21. The van der Waals surface area contributed by atoms with Gasteiger partial charge in [-0.25, -0.2) is 9.79 Å². The summed E-state index contributed by atoms with van der Waals surface area (Å²) in [5.41, 5.74) is 2.29. The monoisotopic (exact) mass is 578 g/mol. The molecule has 0 bridgehead atoms. The highest BCUT2D eigenvalue weighted by atomic mass is 32.1. The van der Waals surface area contributed by atoms with Crippen molar-refractivity contribution in [2.75, 3.05) is 27.4 Å². The number of ether oxygens (including phenoxy) is 4. The van der Waals surface area contributed by atoms with E-state index < -0.39 is 12.0 Å². The van der Waals surface area contributed by atoms with E-state index in [0.29, 0.717) is 43.9 Å². The van der Waals surface area contributed by atoms with Crippen molar-refractivity contribution in [3.63, 3.8) is 0 Å². The van der Waals surface area contributed by atoms with Crippen LogP contribution < -0.4 is 24.4 Å². The van der Waals surface area contributed by atoms with Crippen molar-refractivity contribution in [2.45, 2.75) is 39.3 Å². The van der Waals surface area contributed by atoms with E-state index in [1.807, 2.05) is 38.1 Å². The van der Waals surface area contributed by atoms with Crippen LogP contribution in [0.2, 0.25) is 0 Å². The van der Waals surface area contributed by atoms with Crippen molar-refractivity contribution in [1.29, 1.82) is 0 Å². The summed E-state index contributed by atoms with van der Waals surface area (Å²) in [5.74, 6) is 0.286. The molecule has 2 aromatic carbocycles. The van der Waals surface area contributed by atoms with Gasteiger partial charge < -0.3 is 24.1 Å². The first-order valence-corrected chi connectivity index (χ1v) is 14.0. The number of esters is 1. The number of carbonyl (C=O) groups excluding carboxylic acids is 1. The lowest BCUT2D eigenvalue weighted by Gasteiger charge is -2.27. The van der Waals surface area contributed by atoms with Crippen LogP contribution in [0.1, 0.15) is 43.5 Å². The Labute approximate surface area is 242 Å². The highest BCUT2D eigenvalue weighted by molar-refractivity contribution is 7.07. The van der Waals surface area contributed by atoms with Crippen LogP contribution in [0.5, 0.6) is 17.2 Å². The minimum Gasteiger partial charge on any atom is -0.504 e. The maximum Gasteiger partial charge on any atom is 0.338 e. The van der Waals surface area contributed by atoms with E-state index in [2.05, 4.69) is 11.6 Å². The molecule has 1 aliphatic heterocycles. The van der Waals surface area contributed by atoms with Gasteiger partial charge in [-0.05, 0) is 57.0 Å². The number of hydrogen-bond donors (Lipinski definition) is 1. The Morgan fingerprint density at radius 3 is 2.63 bits per heavy atom. The zero-order chi connectivity index (χ0) is 29.7. The van der Waals surface area contributed by atoms with Gasteiger partial charge in [0.15, 0.2) is 16.3 Å². The van der Waals surface area contributed by atoms with Gasteiger partial charge in [0.25, 0.3) is 5.56 Å². The molecule has 0 amide bonds. The number of aromatic nitrogens is 1. The zero-order valence-electron chi connectivity index (χ0n) is 23.8. The maximum absolute atomic E-state index is 14.1. The Morgan fingerprint density at radius 1 is 1.20 bits per heavy atom. The molecule has 0 saturated carbocycles. The van der Waals surface area contributed by atoms with Gasteiger partial charge in [-0.15, -0.1) is 6.58 Å². The van der Waals surface area contributed by atoms with Gasteiger partial charge in [-0.2, -0.15) is 0 Å². The molecular weight excluding hydrogens is 544 g/mol. The summed E-state index contributed by atoms with van der Waals surface area (Å²) in [5, 5.41) is 10.5. The first-order chi connectivity index (χ1) is 19.7. The fraction of sp³-hybridized carbons (Fsp3) is 0.323. The van der Waals surface area contributed by atoms with E-state index in [-0.39, 0.29) is 41.9 Å². The maximum atomic E-state index is 14.1. The quantitative estimate of drug-likeness (QED) is 0.210. The predicted octanol–water partition coefficient (Wildman–Crippen LogP) is 3.65. The SMILES string of the molecule is C=CCc1cc(/C=c2/sc3n(c2=O)[C@H](c2ccccc2OC(C)C)C(C(=O)OCCOC)=C(C)N=3)cc(OC)c1O. The molecular formula is C31H34N2O7S. The number of aromatic hydroxyl groups is 1. The van der Waals surface area contributed by atoms with E-state index >= 15 is 0 Å². The first-order valence-electron chi connectivity index (χ1n) is 13.1. The lowest BCUT2D eigenvalue weighted by atomic mass is 9.95. The van der Waals surface area contributed by atoms with Crippen LogP contribution in [0.4, 0.5) is 0 Å². The Kier molecular flexibility index (Phi) is 9.46. The van der Waals surface area contributed by atoms with E-state index in [0.717, 1.165) is 0 Å². The minimum atomic E-state index is -0.830. The van der Waals surface area contributed by atoms with Crippen LogP contribution in [0, 0.1) is 0 Å². The molecule has 1 atom stereocenters. The number of nitrogens with zero attached hydrogens (tertiary/aromatic N) is 2. The number of methoxy groups -OCH3 is 2. The topological polar surface area (TPSA) is 109 Å². The molecule has 0 radical (unpaired) electrons. The summed E-state index contributed by atoms with van der Waals surface area (Å²) in [6.07, 6.45) is 3.69. The van der Waals surface area contributed by atoms with Crippen molar-refractivity contribution in [3.8, 4) is 17.2 Å². The number of fused-ring (bicyclic) bond motifs is 1. The molecule has 4 rings (SSSR count). The summed E-state index contributed by atoms with van der Waals surface area (Å²) in [6, 6.07) is 9.95. The van der Waals surface area contributed by atoms with Crippen LogP contribution in [0.15, 0.2) is 70.1 Å². The highest BCUT2D eigenvalue weighted by Gasteiger charge is 2.35. The second kappa shape index (κ2) is 13.0. The van der Waals surface area contributed by atoms with Crippen molar-refractivity contribution < 1.29 is 28.8 Å². The molecule has 41 heavy (non-hydrogen) atoms. The molecule has 216 valence electrons. The second-order valence-electron chi connectivity index (χ2n) is 9.64. The number of rotatable bonds is 11. The molecule has 1 aliphatic rings. The number of phenolic OH excluding ortho intramolecular Hbond substituents is 1. The van der Waals surface area contributed by atoms with Crippen LogP contribution >= 0.6 is 11.3 Å². The molecule has 0 spiro atoms. The van der Waals surface area contributed by atoms with E-state index in [1.54, 1.807) is 31.2 Å². The molecule has 9 nitrogen and oxygen atoms in total. The van der Waals surface area contributed by atoms with Crippen LogP contribution in [0.25, 0.3) is 6.08 Å². The van der Waals surface area contributed by atoms with E-state index in [4.69, 9.17) is 18.9 Å². The van der Waals surface area contributed by atoms with Crippen LogP contribution in [-0.2, 0) is 20.7 Å². The van der Waals surface area contributed by atoms with Gasteiger partial charge >= 0.3 is 5.97 Å². The van der Waals surface area contributed by atoms with Crippen molar-refractivity contribution in [2.24, 2.45) is 4.99 Å². The van der Waals surface area contributed by atoms with Crippen LogP contribution in [-0.4, -0.2) is 49.2 Å². The summed E-state index contributed by atoms with van der Waals surface area (Å²) in [7, 11) is 2.99. The largest absolute Gasteiger partial charge is 0.504 e. The smallest absolute Gasteiger partial charge is 0.338 e. The second-order valence-corrected chi connectivity index (χ2v) is 10.6. The molecule has 0 fully saturated rings. The average molecular weight is 579 g/mol. The van der Waals surface area contributed by atoms with Crippen molar-refractivity contribution in [3.05, 3.63) is 96.7 Å². The Balaban J connectivity index is 1.94. The molecule has 0 unspecified atom stereocenters. The number of thiazole rings is 1. The molecule has 1 N–H and O–H groups in total. The van der Waals surface area contributed by atoms with E-state index in [1.165, 1.54) is 30.1 Å². The highest BCUT2D eigenvalue weighted by Crippen LogP contribution is 2.36. The average Bonchev–Trinajstić information content (AvgIpc) is 3.23. The third-order valence-electron chi connectivity index (χ3n) is 6.40. The number of para-hydroxylation sites is 1. The summed E-state index contributed by atoms with van der Waals surface area (Å²) < 4.78 is 23.9. The third kappa shape index (κ3) is 6.28. The Hall–Kier alpha value is -4.15. The third-order valence-corrected chi connectivity index (χ3v) is 7.38. The standard InChI is InChI=1S/C31H34N2O7S/c1-7-10-21-15-20(16-24(38-6)28(21)34)17-25-29(35)33-27(22-11-8-9-12-23(22)40-18(2)3)26(19(4)32-31(33)41-25)30(36)39-14-13-37-5/h7-9,11-12,15-18,27,34H,1,10,13-14H2,2-6H3/b25-17+/t27-/m1/s1. The number of phenols is 1. The number of hydrogen-bond acceptors (Lipinski definition) is 9. The normalized spacial score (nSPS) is 15.0. The van der Waals surface area contributed by atoms with Crippen molar-refractivity contribution >= 4 is 23.4 Å². The lowest BCUT2D eigenvalue weighted by molar-refractivity contribution is -0.140. The summed E-state index contributed by atoms with van der Waals surface area (Å²) in [6.45, 7) is 9.60. The molecule has 10 heteroatoms. The number of benzene rings is 2. The Bertz CT molecular complexity index is 1670. The zero-order valence-corrected chi connectivity index (χ0v) is 24.6. The first kappa shape index (κ1) is 29.8. The van der Waals surface area contributed by atoms with Crippen LogP contribution in [0.3, 0.4) is 0 Å². The Morgan fingerprint density at radius 2 is 1.95 bits per heavy atom. The summed E-state index contributed by atoms with van der Waals surface area (Å²) in [4.78, 5) is 32.6. The van der Waals surface area contributed by atoms with E-state index in [9.17, 15) is 14.7 Å². The van der Waals surface area contributed by atoms with Gasteiger partial charge in [-0.3, -0.25) is 9.36 Å². The fourth-order valence-corrected chi connectivity index (χ4v) is 5.68. The fourth-order valence-electron chi connectivity index (χ4n) is 4.63. The van der Waals surface area contributed by atoms with Gasteiger partial charge in [0.05, 0.1) is 35.6 Å². The van der Waals surface area contributed by atoms with Gasteiger partial charge in [0.2, 0.25) is 0 Å². The number of carbonyl (C=O) groups is 1. The van der Waals surface area contributed by atoms with Gasteiger partial charge in [0, 0.05) is 18.2 Å². The molecule has 2 heterocycles.